The minimum Gasteiger partial charge on any atom is -0.497 e. The van der Waals surface area contributed by atoms with Gasteiger partial charge in [-0.25, -0.2) is 10.2 Å². The highest BCUT2D eigenvalue weighted by Gasteiger charge is 2.16. The van der Waals surface area contributed by atoms with Gasteiger partial charge in [-0.3, -0.25) is 14.4 Å². The molecular weight excluding hydrogens is 544 g/mol. The highest BCUT2D eigenvalue weighted by atomic mass is 16.5. The second-order valence-electron chi connectivity index (χ2n) is 8.70. The van der Waals surface area contributed by atoms with E-state index in [4.69, 9.17) is 18.9 Å². The minimum absolute atomic E-state index is 0.273. The summed E-state index contributed by atoms with van der Waals surface area (Å²) in [4.78, 5) is 48.8. The molecule has 12 heteroatoms. The number of ether oxygens (including phenoxy) is 4. The van der Waals surface area contributed by atoms with Gasteiger partial charge in [0.2, 0.25) is 0 Å². The molecule has 42 heavy (non-hydrogen) atoms. The molecule has 0 aliphatic rings. The van der Waals surface area contributed by atoms with Crippen LogP contribution in [-0.2, 0) is 14.3 Å². The Morgan fingerprint density at radius 3 is 2.21 bits per heavy atom. The van der Waals surface area contributed by atoms with E-state index >= 15 is 0 Å². The maximum absolute atomic E-state index is 12.4. The van der Waals surface area contributed by atoms with Gasteiger partial charge in [0.25, 0.3) is 17.7 Å². The first-order valence-corrected chi connectivity index (χ1v) is 12.9. The van der Waals surface area contributed by atoms with Gasteiger partial charge in [0.15, 0.2) is 18.1 Å². The summed E-state index contributed by atoms with van der Waals surface area (Å²) in [6, 6.07) is 16.8. The van der Waals surface area contributed by atoms with E-state index in [-0.39, 0.29) is 13.2 Å². The highest BCUT2D eigenvalue weighted by molar-refractivity contribution is 5.97. The van der Waals surface area contributed by atoms with E-state index in [1.807, 2.05) is 0 Å². The molecule has 3 rings (SSSR count). The zero-order valence-corrected chi connectivity index (χ0v) is 23.6. The number of nitrogens with zero attached hydrogens (tertiary/aromatic N) is 1. The molecule has 3 aromatic rings. The standard InChI is InChI=1S/C30H32N4O8/c1-5-41-30(38)22-7-11-23(12-8-22)33-27(35)18-42-25-15-6-20(16-26(25)40-4)17-31-34-28(36)19(2)32-29(37)21-9-13-24(39-3)14-10-21/h6-17,19H,5,18H2,1-4H3,(H,32,37)(H,33,35)(H,34,36). The van der Waals surface area contributed by atoms with Crippen molar-refractivity contribution in [3.8, 4) is 17.2 Å². The van der Waals surface area contributed by atoms with E-state index in [0.717, 1.165) is 0 Å². The van der Waals surface area contributed by atoms with Crippen molar-refractivity contribution in [1.82, 2.24) is 10.7 Å². The molecule has 0 aliphatic carbocycles. The summed E-state index contributed by atoms with van der Waals surface area (Å²) in [7, 11) is 2.98. The van der Waals surface area contributed by atoms with Gasteiger partial charge in [0.05, 0.1) is 32.6 Å². The van der Waals surface area contributed by atoms with Crippen molar-refractivity contribution in [2.75, 3.05) is 32.8 Å². The van der Waals surface area contributed by atoms with Crippen molar-refractivity contribution in [2.24, 2.45) is 5.10 Å². The Labute approximate surface area is 243 Å². The number of nitrogens with one attached hydrogen (secondary N) is 3. The lowest BCUT2D eigenvalue weighted by atomic mass is 10.2. The molecule has 0 spiro atoms. The van der Waals surface area contributed by atoms with E-state index in [0.29, 0.717) is 39.6 Å². The number of carbonyl (C=O) groups excluding carboxylic acids is 4. The monoisotopic (exact) mass is 576 g/mol. The lowest BCUT2D eigenvalue weighted by Gasteiger charge is -2.13. The molecule has 0 radical (unpaired) electrons. The van der Waals surface area contributed by atoms with Crippen LogP contribution < -0.4 is 30.3 Å². The largest absolute Gasteiger partial charge is 0.497 e. The van der Waals surface area contributed by atoms with E-state index in [1.54, 1.807) is 73.7 Å². The van der Waals surface area contributed by atoms with Crippen molar-refractivity contribution < 1.29 is 38.1 Å². The second-order valence-corrected chi connectivity index (χ2v) is 8.70. The molecule has 0 aliphatic heterocycles. The molecule has 3 N–H and O–H groups in total. The van der Waals surface area contributed by atoms with Gasteiger partial charge in [-0.05, 0) is 86.1 Å². The van der Waals surface area contributed by atoms with Crippen LogP contribution in [0.3, 0.4) is 0 Å². The van der Waals surface area contributed by atoms with Crippen LogP contribution in [0.2, 0.25) is 0 Å². The molecule has 0 fully saturated rings. The summed E-state index contributed by atoms with van der Waals surface area (Å²) >= 11 is 0. The van der Waals surface area contributed by atoms with E-state index in [1.165, 1.54) is 27.4 Å². The van der Waals surface area contributed by atoms with Crippen LogP contribution in [0.15, 0.2) is 71.8 Å². The number of esters is 1. The molecule has 1 unspecified atom stereocenters. The van der Waals surface area contributed by atoms with E-state index in [9.17, 15) is 19.2 Å². The molecule has 0 bridgehead atoms. The number of amides is 3. The lowest BCUT2D eigenvalue weighted by Crippen LogP contribution is -2.43. The zero-order chi connectivity index (χ0) is 30.5. The summed E-state index contributed by atoms with van der Waals surface area (Å²) in [6.07, 6.45) is 1.40. The SMILES string of the molecule is CCOC(=O)c1ccc(NC(=O)COc2ccc(C=NNC(=O)C(C)NC(=O)c3ccc(OC)cc3)cc2OC)cc1. The van der Waals surface area contributed by atoms with Crippen LogP contribution in [0.25, 0.3) is 0 Å². The lowest BCUT2D eigenvalue weighted by molar-refractivity contribution is -0.122. The topological polar surface area (TPSA) is 154 Å². The van der Waals surface area contributed by atoms with Crippen molar-refractivity contribution in [2.45, 2.75) is 19.9 Å². The number of benzene rings is 3. The van der Waals surface area contributed by atoms with Crippen LogP contribution in [0, 0.1) is 0 Å². The smallest absolute Gasteiger partial charge is 0.338 e. The second kappa shape index (κ2) is 15.4. The third-order valence-corrected chi connectivity index (χ3v) is 5.71. The molecule has 220 valence electrons. The van der Waals surface area contributed by atoms with Crippen molar-refractivity contribution >= 4 is 35.6 Å². The fraction of sp³-hybridized carbons (Fsp3) is 0.233. The molecule has 0 saturated heterocycles. The minimum atomic E-state index is -0.844. The average Bonchev–Trinajstić information content (AvgIpc) is 3.00. The van der Waals surface area contributed by atoms with Crippen molar-refractivity contribution in [1.29, 1.82) is 0 Å². The number of rotatable bonds is 13. The first-order chi connectivity index (χ1) is 20.2. The van der Waals surface area contributed by atoms with Gasteiger partial charge in [0, 0.05) is 11.3 Å². The molecular formula is C30H32N4O8. The maximum Gasteiger partial charge on any atom is 0.338 e. The summed E-state index contributed by atoms with van der Waals surface area (Å²) in [5.41, 5.74) is 4.22. The number of methoxy groups -OCH3 is 2. The summed E-state index contributed by atoms with van der Waals surface area (Å²) in [5.74, 6) is -0.498. The third kappa shape index (κ3) is 9.08. The Morgan fingerprint density at radius 1 is 0.881 bits per heavy atom. The Bertz CT molecular complexity index is 1420. The Hall–Kier alpha value is -5.39. The van der Waals surface area contributed by atoms with Gasteiger partial charge < -0.3 is 29.6 Å². The quantitative estimate of drug-likeness (QED) is 0.159. The van der Waals surface area contributed by atoms with E-state index in [2.05, 4.69) is 21.2 Å². The average molecular weight is 577 g/mol. The van der Waals surface area contributed by atoms with Gasteiger partial charge in [-0.2, -0.15) is 5.10 Å². The van der Waals surface area contributed by atoms with Gasteiger partial charge in [0.1, 0.15) is 11.8 Å². The Kier molecular flexibility index (Phi) is 11.4. The predicted molar refractivity (Wildman–Crippen MR) is 155 cm³/mol. The first-order valence-electron chi connectivity index (χ1n) is 12.9. The van der Waals surface area contributed by atoms with Crippen molar-refractivity contribution in [3.05, 3.63) is 83.4 Å². The molecule has 0 saturated carbocycles. The molecule has 3 amide bonds. The number of hydrogen-bond acceptors (Lipinski definition) is 9. The fourth-order valence-corrected chi connectivity index (χ4v) is 3.48. The normalized spacial score (nSPS) is 11.2. The van der Waals surface area contributed by atoms with Gasteiger partial charge >= 0.3 is 5.97 Å². The fourth-order valence-electron chi connectivity index (χ4n) is 3.48. The highest BCUT2D eigenvalue weighted by Crippen LogP contribution is 2.27. The van der Waals surface area contributed by atoms with Gasteiger partial charge in [-0.15, -0.1) is 0 Å². The number of hydrazone groups is 1. The molecule has 1 atom stereocenters. The number of hydrogen-bond donors (Lipinski definition) is 3. The molecule has 0 aromatic heterocycles. The molecule has 0 heterocycles. The van der Waals surface area contributed by atoms with Crippen molar-refractivity contribution in [3.63, 3.8) is 0 Å². The summed E-state index contributed by atoms with van der Waals surface area (Å²) < 4.78 is 21.0. The third-order valence-electron chi connectivity index (χ3n) is 5.71. The number of carbonyl (C=O) groups is 4. The van der Waals surface area contributed by atoms with Crippen LogP contribution in [-0.4, -0.2) is 63.4 Å². The van der Waals surface area contributed by atoms with Crippen LogP contribution in [0.1, 0.15) is 40.1 Å². The summed E-state index contributed by atoms with van der Waals surface area (Å²) in [5, 5.41) is 9.22. The number of anilines is 1. The molecule has 3 aromatic carbocycles. The zero-order valence-electron chi connectivity index (χ0n) is 23.6. The Balaban J connectivity index is 1.49. The summed E-state index contributed by atoms with van der Waals surface area (Å²) in [6.45, 7) is 3.24. The predicted octanol–water partition coefficient (Wildman–Crippen LogP) is 3.17. The van der Waals surface area contributed by atoms with Crippen LogP contribution in [0.4, 0.5) is 5.69 Å². The first kappa shape index (κ1) is 31.1. The molecule has 12 nitrogen and oxygen atoms in total. The van der Waals surface area contributed by atoms with Crippen LogP contribution in [0.5, 0.6) is 17.2 Å². The van der Waals surface area contributed by atoms with Crippen LogP contribution >= 0.6 is 0 Å². The maximum atomic E-state index is 12.4. The van der Waals surface area contributed by atoms with E-state index < -0.39 is 29.7 Å². The van der Waals surface area contributed by atoms with Gasteiger partial charge in [-0.1, -0.05) is 0 Å². The Morgan fingerprint density at radius 2 is 1.57 bits per heavy atom.